The number of nitrogens with zero attached hydrogens (tertiary/aromatic N) is 2. The highest BCUT2D eigenvalue weighted by molar-refractivity contribution is 9.10. The summed E-state index contributed by atoms with van der Waals surface area (Å²) in [6.45, 7) is 13.3. The Morgan fingerprint density at radius 1 is 1.37 bits per heavy atom. The lowest BCUT2D eigenvalue weighted by atomic mass is 9.78. The predicted octanol–water partition coefficient (Wildman–Crippen LogP) is 3.80. The summed E-state index contributed by atoms with van der Waals surface area (Å²) in [4.78, 5) is 0. The van der Waals surface area contributed by atoms with Gasteiger partial charge in [-0.05, 0) is 47.5 Å². The van der Waals surface area contributed by atoms with Crippen LogP contribution in [0, 0.1) is 11.3 Å². The zero-order valence-electron chi connectivity index (χ0n) is 12.9. The first-order chi connectivity index (χ1) is 8.68. The lowest BCUT2D eigenvalue weighted by molar-refractivity contribution is 0.219. The molecule has 1 heterocycles. The third-order valence-electron chi connectivity index (χ3n) is 3.88. The minimum Gasteiger partial charge on any atom is -0.271 e. The van der Waals surface area contributed by atoms with Crippen LogP contribution < -0.4 is 11.3 Å². The summed E-state index contributed by atoms with van der Waals surface area (Å²) in [5.41, 5.74) is 4.35. The highest BCUT2D eigenvalue weighted by Crippen LogP contribution is 2.35. The van der Waals surface area contributed by atoms with Crippen LogP contribution in [-0.2, 0) is 0 Å². The van der Waals surface area contributed by atoms with Gasteiger partial charge in [0.25, 0.3) is 0 Å². The first-order valence-corrected chi connectivity index (χ1v) is 7.66. The van der Waals surface area contributed by atoms with Crippen molar-refractivity contribution in [2.45, 2.75) is 60.0 Å². The van der Waals surface area contributed by atoms with Crippen LogP contribution in [0.2, 0.25) is 0 Å². The van der Waals surface area contributed by atoms with E-state index in [0.29, 0.717) is 12.0 Å². The van der Waals surface area contributed by atoms with Gasteiger partial charge in [0.15, 0.2) is 0 Å². The molecule has 2 unspecified atom stereocenters. The van der Waals surface area contributed by atoms with Gasteiger partial charge in [-0.25, -0.2) is 0 Å². The standard InChI is InChI=1S/C14H27BrN4/c1-9(2)19-13(11(15)8-17-19)12(18-16)7-10(3)14(4,5)6/h8-10,12,18H,7,16H2,1-6H3. The zero-order valence-corrected chi connectivity index (χ0v) is 14.5. The van der Waals surface area contributed by atoms with E-state index >= 15 is 0 Å². The first-order valence-electron chi connectivity index (χ1n) is 6.87. The number of nitrogens with one attached hydrogen (secondary N) is 1. The molecule has 0 fully saturated rings. The molecule has 0 aliphatic rings. The quantitative estimate of drug-likeness (QED) is 0.637. The van der Waals surface area contributed by atoms with Crippen LogP contribution in [0.1, 0.15) is 65.7 Å². The Kier molecular flexibility index (Phi) is 5.59. The molecule has 1 rings (SSSR count). The van der Waals surface area contributed by atoms with Crippen LogP contribution in [0.4, 0.5) is 0 Å². The summed E-state index contributed by atoms with van der Waals surface area (Å²) in [5.74, 6) is 6.33. The van der Waals surface area contributed by atoms with E-state index in [1.165, 1.54) is 0 Å². The Hall–Kier alpha value is -0.390. The van der Waals surface area contributed by atoms with Crippen LogP contribution in [0.15, 0.2) is 10.7 Å². The van der Waals surface area contributed by atoms with Crippen molar-refractivity contribution in [3.8, 4) is 0 Å². The molecule has 0 aliphatic carbocycles. The Morgan fingerprint density at radius 2 is 1.95 bits per heavy atom. The number of hydrogen-bond donors (Lipinski definition) is 2. The third-order valence-corrected chi connectivity index (χ3v) is 4.49. The van der Waals surface area contributed by atoms with Crippen LogP contribution in [0.5, 0.6) is 0 Å². The van der Waals surface area contributed by atoms with Crippen molar-refractivity contribution < 1.29 is 0 Å². The second-order valence-electron chi connectivity index (χ2n) is 6.64. The third kappa shape index (κ3) is 4.04. The van der Waals surface area contributed by atoms with Crippen molar-refractivity contribution in [2.75, 3.05) is 0 Å². The van der Waals surface area contributed by atoms with Gasteiger partial charge in [-0.15, -0.1) is 0 Å². The highest BCUT2D eigenvalue weighted by atomic mass is 79.9. The van der Waals surface area contributed by atoms with E-state index in [0.717, 1.165) is 16.6 Å². The summed E-state index contributed by atoms with van der Waals surface area (Å²) >= 11 is 3.59. The Balaban J connectivity index is 3.01. The molecule has 1 aromatic rings. The fraction of sp³-hybridized carbons (Fsp3) is 0.786. The maximum atomic E-state index is 5.78. The van der Waals surface area contributed by atoms with Gasteiger partial charge >= 0.3 is 0 Å². The van der Waals surface area contributed by atoms with Crippen LogP contribution >= 0.6 is 15.9 Å². The van der Waals surface area contributed by atoms with E-state index in [2.05, 4.69) is 68.0 Å². The maximum absolute atomic E-state index is 5.78. The predicted molar refractivity (Wildman–Crippen MR) is 83.6 cm³/mol. The molecule has 3 N–H and O–H groups in total. The summed E-state index contributed by atoms with van der Waals surface area (Å²) in [7, 11) is 0. The van der Waals surface area contributed by atoms with Gasteiger partial charge < -0.3 is 0 Å². The molecule has 110 valence electrons. The van der Waals surface area contributed by atoms with Crippen molar-refractivity contribution in [2.24, 2.45) is 17.2 Å². The topological polar surface area (TPSA) is 55.9 Å². The summed E-state index contributed by atoms with van der Waals surface area (Å²) < 4.78 is 3.05. The Labute approximate surface area is 125 Å². The van der Waals surface area contributed by atoms with E-state index < -0.39 is 0 Å². The monoisotopic (exact) mass is 330 g/mol. The van der Waals surface area contributed by atoms with E-state index in [1.807, 2.05) is 10.9 Å². The minimum atomic E-state index is 0.105. The molecule has 0 aliphatic heterocycles. The normalized spacial score (nSPS) is 15.8. The second kappa shape index (κ2) is 6.37. The number of hydrogen-bond acceptors (Lipinski definition) is 3. The first kappa shape index (κ1) is 16.7. The van der Waals surface area contributed by atoms with Gasteiger partial charge in [0.05, 0.1) is 22.4 Å². The molecule has 0 saturated heterocycles. The molecular formula is C14H27BrN4. The number of aromatic nitrogens is 2. The van der Waals surface area contributed by atoms with Gasteiger partial charge in [-0.3, -0.25) is 16.0 Å². The van der Waals surface area contributed by atoms with Gasteiger partial charge in [-0.1, -0.05) is 27.7 Å². The summed E-state index contributed by atoms with van der Waals surface area (Å²) in [6, 6.07) is 0.426. The van der Waals surface area contributed by atoms with E-state index in [1.54, 1.807) is 0 Å². The number of halogens is 1. The van der Waals surface area contributed by atoms with Crippen molar-refractivity contribution >= 4 is 15.9 Å². The van der Waals surface area contributed by atoms with Crippen molar-refractivity contribution in [1.82, 2.24) is 15.2 Å². The SMILES string of the molecule is CC(C)n1ncc(Br)c1C(CC(C)C(C)(C)C)NN. The molecule has 1 aromatic heterocycles. The van der Waals surface area contributed by atoms with Gasteiger partial charge in [-0.2, -0.15) is 5.10 Å². The summed E-state index contributed by atoms with van der Waals surface area (Å²) in [6.07, 6.45) is 2.83. The lowest BCUT2D eigenvalue weighted by Crippen LogP contribution is -2.33. The molecule has 4 nitrogen and oxygen atoms in total. The molecular weight excluding hydrogens is 304 g/mol. The van der Waals surface area contributed by atoms with Crippen LogP contribution in [0.3, 0.4) is 0 Å². The fourth-order valence-electron chi connectivity index (χ4n) is 2.05. The van der Waals surface area contributed by atoms with Crippen LogP contribution in [0.25, 0.3) is 0 Å². The smallest absolute Gasteiger partial charge is 0.0712 e. The molecule has 0 saturated carbocycles. The molecule has 0 aromatic carbocycles. The maximum Gasteiger partial charge on any atom is 0.0712 e. The average Bonchev–Trinajstić information content (AvgIpc) is 2.66. The van der Waals surface area contributed by atoms with Crippen molar-refractivity contribution in [3.63, 3.8) is 0 Å². The number of nitrogens with two attached hydrogens (primary N) is 1. The molecule has 0 spiro atoms. The fourth-order valence-corrected chi connectivity index (χ4v) is 2.60. The Bertz CT molecular complexity index is 406. The van der Waals surface area contributed by atoms with E-state index in [-0.39, 0.29) is 11.5 Å². The average molecular weight is 331 g/mol. The van der Waals surface area contributed by atoms with Crippen molar-refractivity contribution in [1.29, 1.82) is 0 Å². The second-order valence-corrected chi connectivity index (χ2v) is 7.49. The number of hydrazine groups is 1. The van der Waals surface area contributed by atoms with E-state index in [4.69, 9.17) is 5.84 Å². The van der Waals surface area contributed by atoms with E-state index in [9.17, 15) is 0 Å². The molecule has 0 amide bonds. The molecule has 2 atom stereocenters. The highest BCUT2D eigenvalue weighted by Gasteiger charge is 2.27. The molecule has 0 radical (unpaired) electrons. The summed E-state index contributed by atoms with van der Waals surface area (Å²) in [5, 5.41) is 4.43. The van der Waals surface area contributed by atoms with Crippen LogP contribution in [-0.4, -0.2) is 9.78 Å². The number of rotatable bonds is 5. The lowest BCUT2D eigenvalue weighted by Gasteiger charge is -2.31. The van der Waals surface area contributed by atoms with Gasteiger partial charge in [0.1, 0.15) is 0 Å². The zero-order chi connectivity index (χ0) is 14.8. The minimum absolute atomic E-state index is 0.105. The van der Waals surface area contributed by atoms with Gasteiger partial charge in [0, 0.05) is 6.04 Å². The van der Waals surface area contributed by atoms with Crippen molar-refractivity contribution in [3.05, 3.63) is 16.4 Å². The molecule has 19 heavy (non-hydrogen) atoms. The molecule has 0 bridgehead atoms. The Morgan fingerprint density at radius 3 is 2.37 bits per heavy atom. The molecule has 5 heteroatoms. The van der Waals surface area contributed by atoms with Gasteiger partial charge in [0.2, 0.25) is 0 Å². The largest absolute Gasteiger partial charge is 0.271 e.